The van der Waals surface area contributed by atoms with Crippen LogP contribution in [-0.4, -0.2) is 4.92 Å². The number of para-hydroxylation sites is 2. The molecule has 0 spiro atoms. The van der Waals surface area contributed by atoms with Crippen LogP contribution >= 0.6 is 39.1 Å². The van der Waals surface area contributed by atoms with Crippen molar-refractivity contribution in [3.8, 4) is 11.5 Å². The first-order valence-corrected chi connectivity index (χ1v) is 7.19. The van der Waals surface area contributed by atoms with Crippen LogP contribution < -0.4 is 4.74 Å². The van der Waals surface area contributed by atoms with Gasteiger partial charge in [0.1, 0.15) is 0 Å². The van der Waals surface area contributed by atoms with Gasteiger partial charge in [-0.05, 0) is 28.1 Å². The van der Waals surface area contributed by atoms with Crippen molar-refractivity contribution in [1.82, 2.24) is 0 Å². The van der Waals surface area contributed by atoms with Crippen LogP contribution in [0.3, 0.4) is 0 Å². The van der Waals surface area contributed by atoms with Crippen molar-refractivity contribution in [3.05, 3.63) is 61.6 Å². The summed E-state index contributed by atoms with van der Waals surface area (Å²) in [6.45, 7) is 0. The Kier molecular flexibility index (Phi) is 4.86. The highest BCUT2D eigenvalue weighted by atomic mass is 79.9. The lowest BCUT2D eigenvalue weighted by molar-refractivity contribution is -0.385. The summed E-state index contributed by atoms with van der Waals surface area (Å²) in [6.07, 6.45) is 0. The molecule has 0 aromatic heterocycles. The average molecular weight is 377 g/mol. The van der Waals surface area contributed by atoms with E-state index < -0.39 is 4.92 Å². The van der Waals surface area contributed by atoms with E-state index in [0.29, 0.717) is 20.8 Å². The fraction of sp³-hybridized carbons (Fsp3) is 0.0769. The first kappa shape index (κ1) is 15.1. The molecule has 0 aliphatic heterocycles. The minimum atomic E-state index is -0.517. The molecule has 7 heteroatoms. The molecule has 2 rings (SSSR count). The summed E-state index contributed by atoms with van der Waals surface area (Å²) in [5.74, 6) is 0.602. The molecule has 4 nitrogen and oxygen atoms in total. The zero-order valence-electron chi connectivity index (χ0n) is 9.98. The predicted molar refractivity (Wildman–Crippen MR) is 81.9 cm³/mol. The van der Waals surface area contributed by atoms with Gasteiger partial charge >= 0.3 is 5.69 Å². The zero-order valence-corrected chi connectivity index (χ0v) is 13.1. The second-order valence-electron chi connectivity index (χ2n) is 3.81. The van der Waals surface area contributed by atoms with Crippen LogP contribution in [0, 0.1) is 10.1 Å². The van der Waals surface area contributed by atoms with Gasteiger partial charge in [0.15, 0.2) is 5.75 Å². The smallest absolute Gasteiger partial charge is 0.312 e. The third-order valence-corrected chi connectivity index (χ3v) is 3.75. The molecule has 0 saturated carbocycles. The van der Waals surface area contributed by atoms with Gasteiger partial charge in [-0.1, -0.05) is 29.8 Å². The van der Waals surface area contributed by atoms with Gasteiger partial charge in [0.05, 0.1) is 20.3 Å². The molecular formula is C13H8BrCl2NO3. The van der Waals surface area contributed by atoms with Gasteiger partial charge in [-0.3, -0.25) is 10.1 Å². The zero-order chi connectivity index (χ0) is 14.7. The van der Waals surface area contributed by atoms with Crippen LogP contribution in [-0.2, 0) is 5.88 Å². The summed E-state index contributed by atoms with van der Waals surface area (Å²) in [4.78, 5) is 10.5. The monoisotopic (exact) mass is 375 g/mol. The lowest BCUT2D eigenvalue weighted by atomic mass is 10.2. The van der Waals surface area contributed by atoms with Crippen LogP contribution in [0.25, 0.3) is 0 Å². The standard InChI is InChI=1S/C13H8BrCl2NO3/c14-9-4-2-6-11(17(18)19)13(9)20-12-8(7-15)3-1-5-10(12)16/h1-6H,7H2. The van der Waals surface area contributed by atoms with E-state index in [4.69, 9.17) is 27.9 Å². The Labute approximate surface area is 133 Å². The molecule has 0 bridgehead atoms. The lowest BCUT2D eigenvalue weighted by Crippen LogP contribution is -1.96. The normalized spacial score (nSPS) is 10.3. The maximum Gasteiger partial charge on any atom is 0.312 e. The predicted octanol–water partition coefficient (Wildman–Crippen LogP) is 5.54. The number of nitrogens with zero attached hydrogens (tertiary/aromatic N) is 1. The molecule has 2 aromatic carbocycles. The van der Waals surface area contributed by atoms with Gasteiger partial charge in [-0.15, -0.1) is 11.6 Å². The number of hydrogen-bond acceptors (Lipinski definition) is 3. The minimum Gasteiger partial charge on any atom is -0.447 e. The summed E-state index contributed by atoms with van der Waals surface area (Å²) >= 11 is 15.1. The van der Waals surface area contributed by atoms with Crippen LogP contribution in [0.15, 0.2) is 40.9 Å². The Morgan fingerprint density at radius 1 is 1.20 bits per heavy atom. The first-order chi connectivity index (χ1) is 9.54. The second-order valence-corrected chi connectivity index (χ2v) is 5.34. The molecule has 0 saturated heterocycles. The van der Waals surface area contributed by atoms with E-state index in [-0.39, 0.29) is 17.3 Å². The molecule has 2 aromatic rings. The third-order valence-electron chi connectivity index (χ3n) is 2.54. The Morgan fingerprint density at radius 2 is 1.90 bits per heavy atom. The first-order valence-electron chi connectivity index (χ1n) is 5.48. The van der Waals surface area contributed by atoms with Gasteiger partial charge in [0.25, 0.3) is 0 Å². The highest BCUT2D eigenvalue weighted by Gasteiger charge is 2.20. The van der Waals surface area contributed by atoms with Crippen molar-refractivity contribution in [2.75, 3.05) is 0 Å². The average Bonchev–Trinajstić information content (AvgIpc) is 2.42. The molecule has 0 aliphatic rings. The number of nitro benzene ring substituents is 1. The largest absolute Gasteiger partial charge is 0.447 e. The molecule has 0 aliphatic carbocycles. The van der Waals surface area contributed by atoms with Gasteiger partial charge in [0, 0.05) is 11.6 Å². The lowest BCUT2D eigenvalue weighted by Gasteiger charge is -2.12. The Bertz CT molecular complexity index is 664. The van der Waals surface area contributed by atoms with Crippen molar-refractivity contribution in [3.63, 3.8) is 0 Å². The quantitative estimate of drug-likeness (QED) is 0.399. The molecule has 0 atom stereocenters. The maximum absolute atomic E-state index is 11.0. The summed E-state index contributed by atoms with van der Waals surface area (Å²) in [7, 11) is 0. The molecule has 0 N–H and O–H groups in total. The molecule has 20 heavy (non-hydrogen) atoms. The van der Waals surface area contributed by atoms with Crippen LogP contribution in [0.5, 0.6) is 11.5 Å². The Balaban J connectivity index is 2.53. The fourth-order valence-electron chi connectivity index (χ4n) is 1.62. The molecule has 104 valence electrons. The Hall–Kier alpha value is -1.30. The summed E-state index contributed by atoms with van der Waals surface area (Å²) in [6, 6.07) is 9.69. The summed E-state index contributed by atoms with van der Waals surface area (Å²) < 4.78 is 6.11. The van der Waals surface area contributed by atoms with E-state index in [0.717, 1.165) is 0 Å². The van der Waals surface area contributed by atoms with Crippen LogP contribution in [0.4, 0.5) is 5.69 Å². The Morgan fingerprint density at radius 3 is 2.55 bits per heavy atom. The number of alkyl halides is 1. The van der Waals surface area contributed by atoms with Crippen molar-refractivity contribution in [2.45, 2.75) is 5.88 Å². The van der Waals surface area contributed by atoms with Gasteiger partial charge in [-0.2, -0.15) is 0 Å². The van der Waals surface area contributed by atoms with Crippen molar-refractivity contribution in [1.29, 1.82) is 0 Å². The molecular weight excluding hydrogens is 369 g/mol. The fourth-order valence-corrected chi connectivity index (χ4v) is 2.50. The highest BCUT2D eigenvalue weighted by molar-refractivity contribution is 9.10. The van der Waals surface area contributed by atoms with Crippen LogP contribution in [0.2, 0.25) is 5.02 Å². The van der Waals surface area contributed by atoms with E-state index in [1.807, 2.05) is 0 Å². The van der Waals surface area contributed by atoms with Gasteiger partial charge < -0.3 is 4.74 Å². The third kappa shape index (κ3) is 3.06. The van der Waals surface area contributed by atoms with E-state index in [9.17, 15) is 10.1 Å². The molecule has 0 radical (unpaired) electrons. The minimum absolute atomic E-state index is 0.0944. The number of hydrogen-bond donors (Lipinski definition) is 0. The highest BCUT2D eigenvalue weighted by Crippen LogP contribution is 2.41. The molecule has 0 unspecified atom stereocenters. The molecule has 0 heterocycles. The van der Waals surface area contributed by atoms with E-state index >= 15 is 0 Å². The van der Waals surface area contributed by atoms with E-state index in [1.165, 1.54) is 6.07 Å². The number of halogens is 3. The number of rotatable bonds is 4. The van der Waals surface area contributed by atoms with Gasteiger partial charge in [0.2, 0.25) is 5.75 Å². The summed E-state index contributed by atoms with van der Waals surface area (Å²) in [5.41, 5.74) is 0.504. The van der Waals surface area contributed by atoms with Crippen molar-refractivity contribution < 1.29 is 9.66 Å². The molecule has 0 fully saturated rings. The SMILES string of the molecule is O=[N+]([O-])c1cccc(Br)c1Oc1c(Cl)cccc1CCl. The van der Waals surface area contributed by atoms with Crippen molar-refractivity contribution in [2.24, 2.45) is 0 Å². The summed E-state index contributed by atoms with van der Waals surface area (Å²) in [5, 5.41) is 11.4. The topological polar surface area (TPSA) is 52.4 Å². The number of nitro groups is 1. The van der Waals surface area contributed by atoms with Crippen LogP contribution in [0.1, 0.15) is 5.56 Å². The van der Waals surface area contributed by atoms with E-state index in [2.05, 4.69) is 15.9 Å². The molecule has 0 amide bonds. The second kappa shape index (κ2) is 6.43. The number of ether oxygens (including phenoxy) is 1. The van der Waals surface area contributed by atoms with Gasteiger partial charge in [-0.25, -0.2) is 0 Å². The maximum atomic E-state index is 11.0. The van der Waals surface area contributed by atoms with Crippen molar-refractivity contribution >= 4 is 44.8 Å². The van der Waals surface area contributed by atoms with E-state index in [1.54, 1.807) is 30.3 Å². The number of benzene rings is 2.